The van der Waals surface area contributed by atoms with Gasteiger partial charge in [-0.2, -0.15) is 0 Å². The molecule has 0 saturated carbocycles. The normalized spacial score (nSPS) is 14.6. The summed E-state index contributed by atoms with van der Waals surface area (Å²) in [5, 5.41) is 5.42. The smallest absolute Gasteiger partial charge is 0.254 e. The Hall–Kier alpha value is -3.02. The van der Waals surface area contributed by atoms with Crippen LogP contribution in [0.5, 0.6) is 0 Å². The zero-order chi connectivity index (χ0) is 23.3. The fraction of sp³-hybridized carbons (Fsp3) is 0.500. The molecule has 1 saturated heterocycles. The molecule has 1 aliphatic rings. The molecular formula is C24H32N4O4. The van der Waals surface area contributed by atoms with Gasteiger partial charge in [0, 0.05) is 63.2 Å². The summed E-state index contributed by atoms with van der Waals surface area (Å²) in [7, 11) is 1.63. The van der Waals surface area contributed by atoms with Gasteiger partial charge in [0.2, 0.25) is 12.3 Å². The highest BCUT2D eigenvalue weighted by molar-refractivity contribution is 6.01. The zero-order valence-electron chi connectivity index (χ0n) is 18.9. The highest BCUT2D eigenvalue weighted by atomic mass is 16.2. The fourth-order valence-electron chi connectivity index (χ4n) is 3.48. The molecule has 1 aromatic carbocycles. The number of nitrogens with one attached hydrogen (secondary N) is 2. The zero-order valence-corrected chi connectivity index (χ0v) is 18.9. The molecule has 32 heavy (non-hydrogen) atoms. The maximum atomic E-state index is 12.9. The first kappa shape index (κ1) is 25.2. The predicted octanol–water partition coefficient (Wildman–Crippen LogP) is 1.05. The molecule has 172 valence electrons. The van der Waals surface area contributed by atoms with Crippen LogP contribution in [0.1, 0.15) is 58.9 Å². The minimum Gasteiger partial charge on any atom is -0.339 e. The van der Waals surface area contributed by atoms with Crippen LogP contribution in [0.15, 0.2) is 18.2 Å². The number of piperazine rings is 1. The molecule has 8 heteroatoms. The van der Waals surface area contributed by atoms with Crippen LogP contribution in [0, 0.1) is 11.8 Å². The number of imide groups is 1. The van der Waals surface area contributed by atoms with E-state index in [1.54, 1.807) is 25.2 Å². The van der Waals surface area contributed by atoms with Gasteiger partial charge in [0.05, 0.1) is 5.56 Å². The number of hydrogen-bond acceptors (Lipinski definition) is 6. The number of amides is 3. The van der Waals surface area contributed by atoms with Crippen molar-refractivity contribution in [3.8, 4) is 11.8 Å². The third-order valence-electron chi connectivity index (χ3n) is 5.62. The molecule has 0 aromatic heterocycles. The van der Waals surface area contributed by atoms with Crippen LogP contribution in [-0.4, -0.2) is 80.1 Å². The summed E-state index contributed by atoms with van der Waals surface area (Å²) in [4.78, 5) is 50.1. The highest BCUT2D eigenvalue weighted by Gasteiger charge is 2.21. The molecular weight excluding hydrogens is 408 g/mol. The first-order valence-corrected chi connectivity index (χ1v) is 11.0. The number of unbranched alkanes of at least 4 members (excludes halogenated alkanes) is 1. The summed E-state index contributed by atoms with van der Waals surface area (Å²) in [6.07, 6.45) is 3.31. The van der Waals surface area contributed by atoms with Crippen molar-refractivity contribution in [2.24, 2.45) is 0 Å². The lowest BCUT2D eigenvalue weighted by molar-refractivity contribution is -0.125. The average molecular weight is 441 g/mol. The molecule has 2 N–H and O–H groups in total. The first-order chi connectivity index (χ1) is 15.5. The monoisotopic (exact) mass is 440 g/mol. The van der Waals surface area contributed by atoms with Crippen LogP contribution in [0.3, 0.4) is 0 Å². The fourth-order valence-corrected chi connectivity index (χ4v) is 3.48. The maximum absolute atomic E-state index is 12.9. The number of aldehydes is 1. The van der Waals surface area contributed by atoms with Gasteiger partial charge in [-0.3, -0.25) is 24.5 Å². The van der Waals surface area contributed by atoms with Gasteiger partial charge in [-0.15, -0.1) is 0 Å². The lowest BCUT2D eigenvalue weighted by Crippen LogP contribution is -2.43. The van der Waals surface area contributed by atoms with Crippen molar-refractivity contribution in [1.29, 1.82) is 0 Å². The third kappa shape index (κ3) is 7.91. The second-order valence-electron chi connectivity index (χ2n) is 7.91. The van der Waals surface area contributed by atoms with Crippen molar-refractivity contribution in [2.75, 3.05) is 39.8 Å². The Morgan fingerprint density at radius 1 is 1.28 bits per heavy atom. The van der Waals surface area contributed by atoms with E-state index in [2.05, 4.69) is 27.4 Å². The van der Waals surface area contributed by atoms with Crippen LogP contribution >= 0.6 is 0 Å². The predicted molar refractivity (Wildman–Crippen MR) is 122 cm³/mol. The van der Waals surface area contributed by atoms with Crippen LogP contribution < -0.4 is 10.6 Å². The molecule has 1 aliphatic heterocycles. The van der Waals surface area contributed by atoms with Gasteiger partial charge < -0.3 is 15.1 Å². The summed E-state index contributed by atoms with van der Waals surface area (Å²) in [5.74, 6) is 5.54. The summed E-state index contributed by atoms with van der Waals surface area (Å²) >= 11 is 0. The molecule has 1 unspecified atom stereocenters. The minimum atomic E-state index is -0.392. The Kier molecular flexibility index (Phi) is 10.6. The SMILES string of the molecule is CC(CCC(=O)NC=O)N(C)C(=O)c1ccc(C#CCCCN2CCNCC2)cc1C=O. The van der Waals surface area contributed by atoms with Crippen LogP contribution in [0.4, 0.5) is 0 Å². The van der Waals surface area contributed by atoms with Crippen molar-refractivity contribution >= 4 is 24.5 Å². The van der Waals surface area contributed by atoms with Crippen LogP contribution in [0.2, 0.25) is 0 Å². The average Bonchev–Trinajstić information content (AvgIpc) is 2.82. The van der Waals surface area contributed by atoms with Gasteiger partial charge in [-0.1, -0.05) is 11.8 Å². The molecule has 8 nitrogen and oxygen atoms in total. The summed E-state index contributed by atoms with van der Waals surface area (Å²) < 4.78 is 0. The lowest BCUT2D eigenvalue weighted by Gasteiger charge is -2.26. The largest absolute Gasteiger partial charge is 0.339 e. The molecule has 1 fully saturated rings. The van der Waals surface area contributed by atoms with Gasteiger partial charge in [-0.25, -0.2) is 0 Å². The standard InChI is InChI=1S/C24H32N4O4/c1-19(7-10-23(31)26-18-30)27(2)24(32)22-9-8-20(16-21(22)17-29)6-4-3-5-13-28-14-11-25-12-15-28/h8-9,16-19,25H,3,5,7,10-15H2,1-2H3,(H,26,30,31). The quantitative estimate of drug-likeness (QED) is 0.321. The van der Waals surface area contributed by atoms with Gasteiger partial charge in [-0.05, 0) is 44.5 Å². The number of carbonyl (C=O) groups excluding carboxylic acids is 4. The molecule has 1 atom stereocenters. The van der Waals surface area contributed by atoms with E-state index in [1.807, 2.05) is 6.92 Å². The van der Waals surface area contributed by atoms with E-state index in [1.165, 1.54) is 4.90 Å². The van der Waals surface area contributed by atoms with E-state index in [9.17, 15) is 19.2 Å². The van der Waals surface area contributed by atoms with Crippen molar-refractivity contribution in [3.05, 3.63) is 34.9 Å². The van der Waals surface area contributed by atoms with E-state index in [4.69, 9.17) is 0 Å². The molecule has 1 aromatic rings. The Morgan fingerprint density at radius 3 is 2.72 bits per heavy atom. The van der Waals surface area contributed by atoms with Gasteiger partial charge in [0.15, 0.2) is 6.29 Å². The van der Waals surface area contributed by atoms with Gasteiger partial charge in [0.1, 0.15) is 0 Å². The summed E-state index contributed by atoms with van der Waals surface area (Å²) in [5.41, 5.74) is 1.29. The minimum absolute atomic E-state index is 0.126. The highest BCUT2D eigenvalue weighted by Crippen LogP contribution is 2.15. The summed E-state index contributed by atoms with van der Waals surface area (Å²) in [6.45, 7) is 7.07. The molecule has 0 bridgehead atoms. The maximum Gasteiger partial charge on any atom is 0.254 e. The Labute approximate surface area is 189 Å². The van der Waals surface area contributed by atoms with E-state index in [-0.39, 0.29) is 18.4 Å². The van der Waals surface area contributed by atoms with E-state index < -0.39 is 5.91 Å². The summed E-state index contributed by atoms with van der Waals surface area (Å²) in [6, 6.07) is 4.77. The molecule has 0 radical (unpaired) electrons. The number of carbonyl (C=O) groups is 4. The van der Waals surface area contributed by atoms with Crippen LogP contribution in [-0.2, 0) is 9.59 Å². The van der Waals surface area contributed by atoms with Crippen molar-refractivity contribution < 1.29 is 19.2 Å². The molecule has 0 spiro atoms. The third-order valence-corrected chi connectivity index (χ3v) is 5.62. The number of hydrogen-bond donors (Lipinski definition) is 2. The first-order valence-electron chi connectivity index (χ1n) is 11.0. The number of rotatable bonds is 10. The van der Waals surface area contributed by atoms with Crippen LogP contribution in [0.25, 0.3) is 0 Å². The molecule has 2 rings (SSSR count). The number of benzene rings is 1. The van der Waals surface area contributed by atoms with Gasteiger partial charge >= 0.3 is 0 Å². The lowest BCUT2D eigenvalue weighted by atomic mass is 10.0. The van der Waals surface area contributed by atoms with Crippen molar-refractivity contribution in [1.82, 2.24) is 20.4 Å². The van der Waals surface area contributed by atoms with E-state index >= 15 is 0 Å². The van der Waals surface area contributed by atoms with E-state index in [0.717, 1.165) is 45.6 Å². The van der Waals surface area contributed by atoms with Crippen molar-refractivity contribution in [2.45, 2.75) is 38.6 Å². The van der Waals surface area contributed by atoms with E-state index in [0.29, 0.717) is 35.8 Å². The Morgan fingerprint density at radius 2 is 2.03 bits per heavy atom. The number of nitrogens with zero attached hydrogens (tertiary/aromatic N) is 2. The topological polar surface area (TPSA) is 98.8 Å². The Balaban J connectivity index is 1.92. The molecule has 3 amide bonds. The Bertz CT molecular complexity index is 868. The molecule has 1 heterocycles. The second-order valence-corrected chi connectivity index (χ2v) is 7.91. The van der Waals surface area contributed by atoms with Gasteiger partial charge in [0.25, 0.3) is 5.91 Å². The second kappa shape index (κ2) is 13.4. The van der Waals surface area contributed by atoms with Crippen molar-refractivity contribution in [3.63, 3.8) is 0 Å². The molecule has 0 aliphatic carbocycles.